The smallest absolute Gasteiger partial charge is 0.387 e. The number of ether oxygens (including phenoxy) is 1. The van der Waals surface area contributed by atoms with Crippen LogP contribution in [0.4, 0.5) is 8.78 Å². The zero-order valence-electron chi connectivity index (χ0n) is 19.0. The normalized spacial score (nSPS) is 14.8. The summed E-state index contributed by atoms with van der Waals surface area (Å²) in [5.41, 5.74) is 2.53. The highest BCUT2D eigenvalue weighted by molar-refractivity contribution is 5.94. The molecule has 1 aliphatic heterocycles. The second-order valence-electron chi connectivity index (χ2n) is 8.47. The van der Waals surface area contributed by atoms with Crippen LogP contribution < -0.4 is 4.74 Å². The van der Waals surface area contributed by atoms with E-state index in [1.165, 1.54) is 5.56 Å². The number of aromatic nitrogens is 1. The van der Waals surface area contributed by atoms with Crippen molar-refractivity contribution >= 4 is 5.91 Å². The van der Waals surface area contributed by atoms with Crippen molar-refractivity contribution in [1.82, 2.24) is 14.8 Å². The van der Waals surface area contributed by atoms with Crippen LogP contribution in [0.15, 0.2) is 79.1 Å². The maximum Gasteiger partial charge on any atom is 0.387 e. The van der Waals surface area contributed by atoms with E-state index >= 15 is 0 Å². The molecule has 0 spiro atoms. The Kier molecular flexibility index (Phi) is 8.20. The molecule has 1 aromatic heterocycles. The molecule has 1 amide bonds. The van der Waals surface area contributed by atoms with Crippen LogP contribution in [0.2, 0.25) is 0 Å². The molecule has 4 rings (SSSR count). The van der Waals surface area contributed by atoms with Crippen molar-refractivity contribution in [3.63, 3.8) is 0 Å². The number of hydrogen-bond donors (Lipinski definition) is 0. The summed E-state index contributed by atoms with van der Waals surface area (Å²) in [5.74, 6) is 0.217. The standard InChI is InChI=1S/C27H29F2N3O2/c28-27(29)34-25-11-5-4-9-23(25)20-31-16-13-24(14-17-31)32(18-12-21-7-2-1-3-8-21)26(33)22-10-6-15-30-19-22/h1-11,15,19,24,27H,12-14,16-18,20H2. The Balaban J connectivity index is 1.42. The molecule has 0 atom stereocenters. The van der Waals surface area contributed by atoms with Gasteiger partial charge in [-0.3, -0.25) is 14.7 Å². The number of nitrogens with zero attached hydrogens (tertiary/aromatic N) is 3. The Hall–Kier alpha value is -3.32. The third kappa shape index (κ3) is 6.38. The Labute approximate surface area is 199 Å². The van der Waals surface area contributed by atoms with Crippen molar-refractivity contribution in [3.8, 4) is 5.75 Å². The van der Waals surface area contributed by atoms with Gasteiger partial charge in [0.25, 0.3) is 5.91 Å². The molecular weight excluding hydrogens is 436 g/mol. The van der Waals surface area contributed by atoms with Gasteiger partial charge in [0.05, 0.1) is 5.56 Å². The summed E-state index contributed by atoms with van der Waals surface area (Å²) < 4.78 is 30.2. The Morgan fingerprint density at radius 1 is 1.03 bits per heavy atom. The van der Waals surface area contributed by atoms with Crippen LogP contribution in [-0.2, 0) is 13.0 Å². The van der Waals surface area contributed by atoms with Gasteiger partial charge in [0.1, 0.15) is 5.75 Å². The number of para-hydroxylation sites is 1. The number of hydrogen-bond acceptors (Lipinski definition) is 4. The fraction of sp³-hybridized carbons (Fsp3) is 0.333. The van der Waals surface area contributed by atoms with Gasteiger partial charge < -0.3 is 9.64 Å². The number of halogens is 2. The fourth-order valence-electron chi connectivity index (χ4n) is 4.47. The number of piperidine rings is 1. The van der Waals surface area contributed by atoms with Crippen LogP contribution in [0.25, 0.3) is 0 Å². The van der Waals surface area contributed by atoms with Crippen molar-refractivity contribution in [2.24, 2.45) is 0 Å². The highest BCUT2D eigenvalue weighted by Gasteiger charge is 2.29. The van der Waals surface area contributed by atoms with E-state index in [0.29, 0.717) is 18.7 Å². The quantitative estimate of drug-likeness (QED) is 0.445. The summed E-state index contributed by atoms with van der Waals surface area (Å²) in [6.07, 6.45) is 5.70. The second-order valence-corrected chi connectivity index (χ2v) is 8.47. The number of likely N-dealkylation sites (tertiary alicyclic amines) is 1. The van der Waals surface area contributed by atoms with E-state index in [2.05, 4.69) is 26.8 Å². The summed E-state index contributed by atoms with van der Waals surface area (Å²) in [7, 11) is 0. The first-order valence-corrected chi connectivity index (χ1v) is 11.6. The maximum atomic E-state index is 13.4. The van der Waals surface area contributed by atoms with E-state index in [0.717, 1.165) is 37.9 Å². The first-order chi connectivity index (χ1) is 16.6. The van der Waals surface area contributed by atoms with Gasteiger partial charge in [-0.25, -0.2) is 0 Å². The van der Waals surface area contributed by atoms with Crippen LogP contribution >= 0.6 is 0 Å². The van der Waals surface area contributed by atoms with E-state index in [-0.39, 0.29) is 17.7 Å². The van der Waals surface area contributed by atoms with Gasteiger partial charge in [0, 0.05) is 50.2 Å². The van der Waals surface area contributed by atoms with Gasteiger partial charge >= 0.3 is 6.61 Å². The lowest BCUT2D eigenvalue weighted by Gasteiger charge is -2.39. The van der Waals surface area contributed by atoms with Crippen LogP contribution in [0.3, 0.4) is 0 Å². The molecular formula is C27H29F2N3O2. The molecule has 5 nitrogen and oxygen atoms in total. The molecule has 0 radical (unpaired) electrons. The zero-order valence-corrected chi connectivity index (χ0v) is 19.0. The molecule has 7 heteroatoms. The number of carbonyl (C=O) groups excluding carboxylic acids is 1. The number of rotatable bonds is 9. The van der Waals surface area contributed by atoms with E-state index in [1.807, 2.05) is 35.2 Å². The number of amides is 1. The van der Waals surface area contributed by atoms with Crippen LogP contribution in [0.1, 0.15) is 34.3 Å². The summed E-state index contributed by atoms with van der Waals surface area (Å²) in [5, 5.41) is 0. The van der Waals surface area contributed by atoms with Gasteiger partial charge in [-0.2, -0.15) is 8.78 Å². The average molecular weight is 466 g/mol. The van der Waals surface area contributed by atoms with Gasteiger partial charge in [-0.15, -0.1) is 0 Å². The zero-order chi connectivity index (χ0) is 23.8. The lowest BCUT2D eigenvalue weighted by atomic mass is 10.00. The molecule has 3 aromatic rings. The van der Waals surface area contributed by atoms with Crippen LogP contribution in [0.5, 0.6) is 5.75 Å². The van der Waals surface area contributed by atoms with E-state index in [1.54, 1.807) is 36.7 Å². The number of alkyl halides is 2. The van der Waals surface area contributed by atoms with Crippen molar-refractivity contribution in [2.75, 3.05) is 19.6 Å². The minimum absolute atomic E-state index is 0.00170. The second kappa shape index (κ2) is 11.7. The Morgan fingerprint density at radius 3 is 2.47 bits per heavy atom. The first kappa shape index (κ1) is 23.8. The third-order valence-electron chi connectivity index (χ3n) is 6.23. The predicted molar refractivity (Wildman–Crippen MR) is 127 cm³/mol. The molecule has 2 aromatic carbocycles. The van der Waals surface area contributed by atoms with E-state index in [9.17, 15) is 13.6 Å². The van der Waals surface area contributed by atoms with E-state index in [4.69, 9.17) is 0 Å². The number of carbonyl (C=O) groups is 1. The minimum atomic E-state index is -2.84. The van der Waals surface area contributed by atoms with Gasteiger partial charge in [-0.05, 0) is 43.0 Å². The molecule has 34 heavy (non-hydrogen) atoms. The summed E-state index contributed by atoms with van der Waals surface area (Å²) in [6.45, 7) is -0.126. The third-order valence-corrected chi connectivity index (χ3v) is 6.23. The Bertz CT molecular complexity index is 1040. The summed E-state index contributed by atoms with van der Waals surface area (Å²) in [6, 6.07) is 20.8. The molecule has 0 unspecified atom stereocenters. The average Bonchev–Trinajstić information content (AvgIpc) is 2.87. The summed E-state index contributed by atoms with van der Waals surface area (Å²) in [4.78, 5) is 21.7. The topological polar surface area (TPSA) is 45.7 Å². The number of pyridine rings is 1. The van der Waals surface area contributed by atoms with Crippen molar-refractivity contribution < 1.29 is 18.3 Å². The molecule has 0 bridgehead atoms. The fourth-order valence-corrected chi connectivity index (χ4v) is 4.47. The largest absolute Gasteiger partial charge is 0.434 e. The predicted octanol–water partition coefficient (Wildman–Crippen LogP) is 5.03. The SMILES string of the molecule is O=C(c1cccnc1)N(CCc1ccccc1)C1CCN(Cc2ccccc2OC(F)F)CC1. The molecule has 0 aliphatic carbocycles. The van der Waals surface area contributed by atoms with Gasteiger partial charge in [0.2, 0.25) is 0 Å². The van der Waals surface area contributed by atoms with Gasteiger partial charge in [0.15, 0.2) is 0 Å². The molecule has 2 heterocycles. The number of benzene rings is 2. The van der Waals surface area contributed by atoms with Crippen LogP contribution in [0, 0.1) is 0 Å². The molecule has 1 fully saturated rings. The minimum Gasteiger partial charge on any atom is -0.434 e. The Morgan fingerprint density at radius 2 is 1.76 bits per heavy atom. The van der Waals surface area contributed by atoms with E-state index < -0.39 is 6.61 Å². The summed E-state index contributed by atoms with van der Waals surface area (Å²) >= 11 is 0. The molecule has 0 saturated carbocycles. The highest BCUT2D eigenvalue weighted by Crippen LogP contribution is 2.25. The molecule has 0 N–H and O–H groups in total. The lowest BCUT2D eigenvalue weighted by Crippen LogP contribution is -2.48. The highest BCUT2D eigenvalue weighted by atomic mass is 19.3. The maximum absolute atomic E-state index is 13.4. The van der Waals surface area contributed by atoms with Crippen LogP contribution in [-0.4, -0.2) is 53.0 Å². The molecule has 178 valence electrons. The first-order valence-electron chi connectivity index (χ1n) is 11.6. The lowest BCUT2D eigenvalue weighted by molar-refractivity contribution is -0.0508. The molecule has 1 aliphatic rings. The van der Waals surface area contributed by atoms with Crippen molar-refractivity contribution in [1.29, 1.82) is 0 Å². The van der Waals surface area contributed by atoms with Gasteiger partial charge in [-0.1, -0.05) is 48.5 Å². The van der Waals surface area contributed by atoms with Crippen molar-refractivity contribution in [3.05, 3.63) is 95.8 Å². The monoisotopic (exact) mass is 465 g/mol. The molecule has 1 saturated heterocycles. The van der Waals surface area contributed by atoms with Crippen molar-refractivity contribution in [2.45, 2.75) is 38.5 Å².